The molecule has 1 aromatic heterocycles. The Morgan fingerprint density at radius 3 is 1.94 bits per heavy atom. The highest BCUT2D eigenvalue weighted by molar-refractivity contribution is 9.09. The Hall–Kier alpha value is -0.440. The van der Waals surface area contributed by atoms with Gasteiger partial charge in [-0.1, -0.05) is 94.0 Å². The van der Waals surface area contributed by atoms with Gasteiger partial charge in [0.1, 0.15) is 0 Å². The molecule has 2 aliphatic rings. The van der Waals surface area contributed by atoms with Crippen LogP contribution in [0.25, 0.3) is 0 Å². The number of aryl methyl sites for hydroxylation is 2. The third-order valence-corrected chi connectivity index (χ3v) is 9.37. The molecule has 3 rings (SSSR count). The summed E-state index contributed by atoms with van der Waals surface area (Å²) in [7, 11) is 0. The summed E-state index contributed by atoms with van der Waals surface area (Å²) in [6.07, 6.45) is 23.2. The maximum Gasteiger partial charge on any atom is 0.0631 e. The van der Waals surface area contributed by atoms with Crippen molar-refractivity contribution in [3.05, 3.63) is 23.5 Å². The van der Waals surface area contributed by atoms with E-state index in [1.165, 1.54) is 108 Å². The monoisotopic (exact) mass is 490 g/mol. The fourth-order valence-electron chi connectivity index (χ4n) is 6.08. The first-order valence-corrected chi connectivity index (χ1v) is 14.5. The van der Waals surface area contributed by atoms with E-state index in [2.05, 4.69) is 52.1 Å². The van der Waals surface area contributed by atoms with Crippen molar-refractivity contribution in [3.8, 4) is 0 Å². The summed E-state index contributed by atoms with van der Waals surface area (Å²) in [5, 5.41) is 8.97. The Morgan fingerprint density at radius 1 is 0.742 bits per heavy atom. The predicted molar refractivity (Wildman–Crippen MR) is 137 cm³/mol. The molecule has 0 aliphatic heterocycles. The highest BCUT2D eigenvalue weighted by Crippen LogP contribution is 2.41. The van der Waals surface area contributed by atoms with E-state index < -0.39 is 0 Å². The van der Waals surface area contributed by atoms with Gasteiger partial charge in [0, 0.05) is 4.83 Å². The van der Waals surface area contributed by atoms with Crippen molar-refractivity contribution in [1.29, 1.82) is 0 Å². The molecule has 0 aromatic carbocycles. The van der Waals surface area contributed by atoms with Crippen molar-refractivity contribution in [1.82, 2.24) is 10.2 Å². The van der Waals surface area contributed by atoms with E-state index >= 15 is 0 Å². The number of rotatable bonds is 12. The van der Waals surface area contributed by atoms with Crippen LogP contribution in [-0.2, 0) is 12.8 Å². The second kappa shape index (κ2) is 14.0. The molecule has 2 fully saturated rings. The van der Waals surface area contributed by atoms with Gasteiger partial charge in [-0.25, -0.2) is 0 Å². The van der Waals surface area contributed by atoms with Gasteiger partial charge in [0.15, 0.2) is 0 Å². The summed E-state index contributed by atoms with van der Waals surface area (Å²) in [5.74, 6) is 3.82. The number of halogens is 1. The largest absolute Gasteiger partial charge is 0.155 e. The van der Waals surface area contributed by atoms with Gasteiger partial charge in [-0.05, 0) is 80.8 Å². The van der Waals surface area contributed by atoms with Crippen LogP contribution in [0.5, 0.6) is 0 Å². The molecule has 0 radical (unpaired) electrons. The van der Waals surface area contributed by atoms with Crippen molar-refractivity contribution in [3.63, 3.8) is 0 Å². The number of nitrogens with zero attached hydrogens (tertiary/aromatic N) is 2. The minimum absolute atomic E-state index is 0.766. The van der Waals surface area contributed by atoms with Gasteiger partial charge in [-0.2, -0.15) is 10.2 Å². The fraction of sp³-hybridized carbons (Fsp3) is 0.857. The zero-order valence-corrected chi connectivity index (χ0v) is 21.9. The minimum Gasteiger partial charge on any atom is -0.155 e. The highest BCUT2D eigenvalue weighted by atomic mass is 79.9. The van der Waals surface area contributed by atoms with Crippen LogP contribution >= 0.6 is 15.9 Å². The molecule has 0 N–H and O–H groups in total. The average Bonchev–Trinajstić information content (AvgIpc) is 2.80. The van der Waals surface area contributed by atoms with Crippen LogP contribution in [0, 0.1) is 23.7 Å². The zero-order chi connectivity index (χ0) is 21.9. The summed E-state index contributed by atoms with van der Waals surface area (Å²) in [6, 6.07) is 4.44. The van der Waals surface area contributed by atoms with Crippen LogP contribution in [0.15, 0.2) is 12.1 Å². The Balaban J connectivity index is 1.30. The first-order valence-electron chi connectivity index (χ1n) is 13.6. The number of hydrogen-bond donors (Lipinski definition) is 0. The summed E-state index contributed by atoms with van der Waals surface area (Å²) in [4.78, 5) is 0.766. The van der Waals surface area contributed by atoms with E-state index in [1.807, 2.05) is 0 Å². The van der Waals surface area contributed by atoms with Crippen molar-refractivity contribution >= 4 is 15.9 Å². The molecule has 0 saturated heterocycles. The lowest BCUT2D eigenvalue weighted by atomic mass is 9.74. The Morgan fingerprint density at radius 2 is 1.32 bits per heavy atom. The first kappa shape index (κ1) is 25.2. The maximum atomic E-state index is 4.51. The molecule has 1 atom stereocenters. The average molecular weight is 492 g/mol. The fourth-order valence-corrected chi connectivity index (χ4v) is 7.13. The van der Waals surface area contributed by atoms with Crippen LogP contribution in [-0.4, -0.2) is 15.0 Å². The summed E-state index contributed by atoms with van der Waals surface area (Å²) >= 11 is 4.12. The predicted octanol–water partition coefficient (Wildman–Crippen LogP) is 8.71. The molecule has 1 unspecified atom stereocenters. The van der Waals surface area contributed by atoms with Gasteiger partial charge in [0.05, 0.1) is 11.4 Å². The second-order valence-electron chi connectivity index (χ2n) is 10.7. The SMILES string of the molecule is CCCCCc1ccc(CC[C@H]2CC[C@H](CC(Br)[C@H]3CC[C@H](CCC)CC3)CC2)nn1. The van der Waals surface area contributed by atoms with Crippen LogP contribution in [0.3, 0.4) is 0 Å². The normalized spacial score (nSPS) is 27.8. The quantitative estimate of drug-likeness (QED) is 0.216. The van der Waals surface area contributed by atoms with E-state index in [1.54, 1.807) is 0 Å². The molecule has 2 nitrogen and oxygen atoms in total. The van der Waals surface area contributed by atoms with E-state index in [0.717, 1.165) is 41.3 Å². The number of hydrogen-bond acceptors (Lipinski definition) is 2. The van der Waals surface area contributed by atoms with E-state index in [4.69, 9.17) is 0 Å². The third-order valence-electron chi connectivity index (χ3n) is 8.24. The van der Waals surface area contributed by atoms with Gasteiger partial charge >= 0.3 is 0 Å². The lowest BCUT2D eigenvalue weighted by Crippen LogP contribution is -2.25. The highest BCUT2D eigenvalue weighted by Gasteiger charge is 2.29. The van der Waals surface area contributed by atoms with Crippen LogP contribution in [0.1, 0.15) is 122 Å². The smallest absolute Gasteiger partial charge is 0.0631 e. The van der Waals surface area contributed by atoms with Crippen molar-refractivity contribution < 1.29 is 0 Å². The standard InChI is InChI=1S/C28H47BrN2/c1-3-5-6-8-26-19-20-27(31-30-26)18-15-23-9-11-24(12-10-23)21-28(29)25-16-13-22(7-4-2)14-17-25/h19-20,22-25,28H,3-18,21H2,1-2H3/t22-,23-,24-,25-,28?. The van der Waals surface area contributed by atoms with Crippen molar-refractivity contribution in [2.45, 2.75) is 128 Å². The zero-order valence-electron chi connectivity index (χ0n) is 20.3. The van der Waals surface area contributed by atoms with E-state index in [9.17, 15) is 0 Å². The molecule has 2 aliphatic carbocycles. The van der Waals surface area contributed by atoms with Crippen molar-refractivity contribution in [2.75, 3.05) is 0 Å². The molecule has 0 bridgehead atoms. The minimum atomic E-state index is 0.766. The molecule has 2 saturated carbocycles. The third kappa shape index (κ3) is 8.78. The summed E-state index contributed by atoms with van der Waals surface area (Å²) in [5.41, 5.74) is 2.36. The molecule has 0 amide bonds. The molecule has 0 spiro atoms. The number of alkyl halides is 1. The van der Waals surface area contributed by atoms with Crippen LogP contribution in [0.4, 0.5) is 0 Å². The number of unbranched alkanes of at least 4 members (excludes halogenated alkanes) is 2. The Kier molecular flexibility index (Phi) is 11.3. The molecule has 1 heterocycles. The number of aromatic nitrogens is 2. The second-order valence-corrected chi connectivity index (χ2v) is 11.9. The topological polar surface area (TPSA) is 25.8 Å². The molecule has 176 valence electrons. The lowest BCUT2D eigenvalue weighted by molar-refractivity contribution is 0.216. The van der Waals surface area contributed by atoms with Crippen molar-refractivity contribution in [2.24, 2.45) is 23.7 Å². The summed E-state index contributed by atoms with van der Waals surface area (Å²) in [6.45, 7) is 4.59. The van der Waals surface area contributed by atoms with Gasteiger partial charge in [0.2, 0.25) is 0 Å². The lowest BCUT2D eigenvalue weighted by Gasteiger charge is -2.35. The molecular formula is C28H47BrN2. The first-order chi connectivity index (χ1) is 15.2. The van der Waals surface area contributed by atoms with Gasteiger partial charge in [-0.3, -0.25) is 0 Å². The maximum absolute atomic E-state index is 4.51. The van der Waals surface area contributed by atoms with Crippen LogP contribution < -0.4 is 0 Å². The van der Waals surface area contributed by atoms with Crippen LogP contribution in [0.2, 0.25) is 0 Å². The van der Waals surface area contributed by atoms with E-state index in [-0.39, 0.29) is 0 Å². The molecular weight excluding hydrogens is 444 g/mol. The van der Waals surface area contributed by atoms with Gasteiger partial charge in [0.25, 0.3) is 0 Å². The molecule has 3 heteroatoms. The Labute approximate surface area is 200 Å². The van der Waals surface area contributed by atoms with Gasteiger partial charge < -0.3 is 0 Å². The Bertz CT molecular complexity index is 586. The molecule has 1 aromatic rings. The molecule has 31 heavy (non-hydrogen) atoms. The van der Waals surface area contributed by atoms with E-state index in [0.29, 0.717) is 0 Å². The van der Waals surface area contributed by atoms with Gasteiger partial charge in [-0.15, -0.1) is 0 Å². The summed E-state index contributed by atoms with van der Waals surface area (Å²) < 4.78 is 0.